The minimum absolute atomic E-state index is 0.305. The summed E-state index contributed by atoms with van der Waals surface area (Å²) in [6.45, 7) is 2.52. The molecule has 34 heavy (non-hydrogen) atoms. The van der Waals surface area contributed by atoms with Crippen molar-refractivity contribution in [2.45, 2.75) is 12.8 Å². The van der Waals surface area contributed by atoms with Crippen molar-refractivity contribution in [1.29, 1.82) is 0 Å². The molecule has 0 saturated carbocycles. The zero-order chi connectivity index (χ0) is 24.2. The lowest BCUT2D eigenvalue weighted by atomic mass is 9.98. The Kier molecular flexibility index (Phi) is 7.29. The lowest BCUT2D eigenvalue weighted by molar-refractivity contribution is 0.0485. The third kappa shape index (κ3) is 4.98. The second-order valence-corrected chi connectivity index (χ2v) is 9.23. The fourth-order valence-electron chi connectivity index (χ4n) is 4.41. The molecule has 3 aromatic rings. The molecule has 3 aromatic carbocycles. The number of fused-ring (bicyclic) bond motifs is 3. The number of benzene rings is 3. The van der Waals surface area contributed by atoms with Crippen LogP contribution in [0.5, 0.6) is 0 Å². The van der Waals surface area contributed by atoms with E-state index in [4.69, 9.17) is 9.47 Å². The summed E-state index contributed by atoms with van der Waals surface area (Å²) >= 11 is 0. The van der Waals surface area contributed by atoms with Crippen LogP contribution in [-0.4, -0.2) is 76.2 Å². The van der Waals surface area contributed by atoms with Crippen LogP contribution >= 0.6 is 0 Å². The summed E-state index contributed by atoms with van der Waals surface area (Å²) in [4.78, 5) is 29.6. The molecule has 1 aliphatic carbocycles. The number of ether oxygens (including phenoxy) is 2. The predicted octanol–water partition coefficient (Wildman–Crippen LogP) is 4.70. The zero-order valence-corrected chi connectivity index (χ0v) is 20.4. The van der Waals surface area contributed by atoms with Gasteiger partial charge in [-0.25, -0.2) is 9.59 Å². The smallest absolute Gasteiger partial charge is 0.338 e. The number of nitrogens with zero attached hydrogens (tertiary/aromatic N) is 2. The molecule has 6 heteroatoms. The second kappa shape index (κ2) is 10.4. The van der Waals surface area contributed by atoms with Crippen LogP contribution in [0.1, 0.15) is 33.6 Å². The predicted molar refractivity (Wildman–Crippen MR) is 135 cm³/mol. The van der Waals surface area contributed by atoms with Crippen LogP contribution in [0.25, 0.3) is 33.0 Å². The summed E-state index contributed by atoms with van der Waals surface area (Å²) in [6.07, 6.45) is 1.59. The van der Waals surface area contributed by atoms with Gasteiger partial charge in [0.05, 0.1) is 24.3 Å². The van der Waals surface area contributed by atoms with Gasteiger partial charge in [0.2, 0.25) is 0 Å². The molecule has 0 fully saturated rings. The average molecular weight is 461 g/mol. The van der Waals surface area contributed by atoms with E-state index in [2.05, 4.69) is 15.9 Å². The maximum absolute atomic E-state index is 12.8. The van der Waals surface area contributed by atoms with E-state index in [0.29, 0.717) is 24.3 Å². The third-order valence-electron chi connectivity index (χ3n) is 6.06. The van der Waals surface area contributed by atoms with Gasteiger partial charge in [0.1, 0.15) is 0 Å². The first-order chi connectivity index (χ1) is 16.4. The number of carbonyl (C=O) groups is 2. The van der Waals surface area contributed by atoms with Crippen LogP contribution in [0.2, 0.25) is 0 Å². The fourth-order valence-corrected chi connectivity index (χ4v) is 4.41. The zero-order valence-electron chi connectivity index (χ0n) is 20.4. The highest BCUT2D eigenvalue weighted by molar-refractivity contribution is 6.20. The maximum Gasteiger partial charge on any atom is 0.338 e. The highest BCUT2D eigenvalue weighted by Gasteiger charge is 2.25. The summed E-state index contributed by atoms with van der Waals surface area (Å²) in [6, 6.07) is 15.5. The van der Waals surface area contributed by atoms with Crippen molar-refractivity contribution in [3.63, 3.8) is 0 Å². The number of esters is 2. The first kappa shape index (κ1) is 23.9. The molecule has 0 heterocycles. The Morgan fingerprint density at radius 3 is 2.00 bits per heavy atom. The van der Waals surface area contributed by atoms with E-state index < -0.39 is 0 Å². The summed E-state index contributed by atoms with van der Waals surface area (Å²) < 4.78 is 11.0. The van der Waals surface area contributed by atoms with E-state index in [1.54, 1.807) is 0 Å². The largest absolute Gasteiger partial charge is 0.462 e. The number of rotatable bonds is 10. The van der Waals surface area contributed by atoms with Crippen LogP contribution in [-0.2, 0) is 9.47 Å². The quantitative estimate of drug-likeness (QED) is 0.252. The van der Waals surface area contributed by atoms with E-state index in [0.717, 1.165) is 59.0 Å². The molecule has 0 spiro atoms. The first-order valence-electron chi connectivity index (χ1n) is 11.7. The van der Waals surface area contributed by atoms with E-state index in [9.17, 15) is 9.59 Å². The van der Waals surface area contributed by atoms with Gasteiger partial charge in [0.25, 0.3) is 0 Å². The van der Waals surface area contributed by atoms with Gasteiger partial charge < -0.3 is 19.3 Å². The molecule has 1 aliphatic rings. The van der Waals surface area contributed by atoms with Crippen molar-refractivity contribution in [2.75, 3.05) is 54.5 Å². The van der Waals surface area contributed by atoms with Crippen LogP contribution in [0.4, 0.5) is 0 Å². The lowest BCUT2D eigenvalue weighted by Gasteiger charge is -2.11. The molecule has 0 radical (unpaired) electrons. The van der Waals surface area contributed by atoms with Gasteiger partial charge in [-0.05, 0) is 92.3 Å². The topological polar surface area (TPSA) is 59.1 Å². The minimum atomic E-state index is -0.313. The van der Waals surface area contributed by atoms with E-state index >= 15 is 0 Å². The average Bonchev–Trinajstić information content (AvgIpc) is 3.14. The highest BCUT2D eigenvalue weighted by atomic mass is 16.5. The van der Waals surface area contributed by atoms with Crippen molar-refractivity contribution < 1.29 is 19.1 Å². The van der Waals surface area contributed by atoms with Gasteiger partial charge in [0.15, 0.2) is 0 Å². The molecule has 0 aliphatic heterocycles. The highest BCUT2D eigenvalue weighted by Crippen LogP contribution is 2.48. The maximum atomic E-state index is 12.8. The standard InChI is InChI=1S/C28H32N2O4/c1-29(2)14-6-16-33-27(31)19-10-11-20-21-8-5-9-22-24(28(32)34-17-7-15-30(3)4)13-12-23(26(21)22)25(20)18-19/h5,8-13,18H,6-7,14-17H2,1-4H3. The van der Waals surface area contributed by atoms with Crippen LogP contribution < -0.4 is 0 Å². The molecular formula is C28H32N2O4. The summed E-state index contributed by atoms with van der Waals surface area (Å²) in [5, 5.41) is 1.90. The van der Waals surface area contributed by atoms with Gasteiger partial charge in [-0.15, -0.1) is 0 Å². The Morgan fingerprint density at radius 2 is 1.32 bits per heavy atom. The van der Waals surface area contributed by atoms with Crippen LogP contribution in [0.3, 0.4) is 0 Å². The number of hydrogen-bond donors (Lipinski definition) is 0. The molecule has 178 valence electrons. The molecule has 4 rings (SSSR count). The Morgan fingerprint density at radius 1 is 0.706 bits per heavy atom. The minimum Gasteiger partial charge on any atom is -0.462 e. The molecule has 0 unspecified atom stereocenters. The van der Waals surface area contributed by atoms with Gasteiger partial charge in [-0.1, -0.05) is 30.3 Å². The normalized spacial score (nSPS) is 11.8. The molecule has 0 aromatic heterocycles. The molecule has 0 N–H and O–H groups in total. The van der Waals surface area contributed by atoms with E-state index in [1.807, 2.05) is 70.7 Å². The van der Waals surface area contributed by atoms with Crippen LogP contribution in [0, 0.1) is 0 Å². The Labute approximate surface area is 201 Å². The molecule has 0 atom stereocenters. The Hall–Kier alpha value is -3.22. The number of hydrogen-bond acceptors (Lipinski definition) is 6. The summed E-state index contributed by atoms with van der Waals surface area (Å²) in [5.41, 5.74) is 5.23. The van der Waals surface area contributed by atoms with Gasteiger partial charge in [0, 0.05) is 13.1 Å². The lowest BCUT2D eigenvalue weighted by Crippen LogP contribution is -2.16. The number of carbonyl (C=O) groups excluding carboxylic acids is 2. The molecule has 0 amide bonds. The Balaban J connectivity index is 1.57. The van der Waals surface area contributed by atoms with Crippen molar-refractivity contribution >= 4 is 22.7 Å². The third-order valence-corrected chi connectivity index (χ3v) is 6.06. The Bertz CT molecular complexity index is 1220. The van der Waals surface area contributed by atoms with Crippen molar-refractivity contribution in [2.24, 2.45) is 0 Å². The van der Waals surface area contributed by atoms with E-state index in [-0.39, 0.29) is 11.9 Å². The van der Waals surface area contributed by atoms with Crippen LogP contribution in [0.15, 0.2) is 48.5 Å². The molecule has 0 bridgehead atoms. The monoisotopic (exact) mass is 460 g/mol. The molecule has 0 saturated heterocycles. The molecule has 6 nitrogen and oxygen atoms in total. The summed E-state index contributed by atoms with van der Waals surface area (Å²) in [5.74, 6) is -0.618. The fraction of sp³-hybridized carbons (Fsp3) is 0.357. The second-order valence-electron chi connectivity index (χ2n) is 9.23. The van der Waals surface area contributed by atoms with Crippen molar-refractivity contribution in [3.05, 3.63) is 59.7 Å². The summed E-state index contributed by atoms with van der Waals surface area (Å²) in [7, 11) is 7.99. The van der Waals surface area contributed by atoms with Gasteiger partial charge in [-0.3, -0.25) is 0 Å². The van der Waals surface area contributed by atoms with Gasteiger partial charge >= 0.3 is 11.9 Å². The molecular weight excluding hydrogens is 428 g/mol. The van der Waals surface area contributed by atoms with Gasteiger partial charge in [-0.2, -0.15) is 0 Å². The first-order valence-corrected chi connectivity index (χ1v) is 11.7. The SMILES string of the molecule is CN(C)CCCOC(=O)c1ccc2c(c1)-c1ccc(C(=O)OCCCN(C)C)c3cccc-2c13. The van der Waals surface area contributed by atoms with Crippen molar-refractivity contribution in [3.8, 4) is 22.3 Å². The van der Waals surface area contributed by atoms with Crippen molar-refractivity contribution in [1.82, 2.24) is 9.80 Å². The van der Waals surface area contributed by atoms with E-state index in [1.165, 1.54) is 0 Å².